The molecule has 2 N–H and O–H groups in total. The minimum absolute atomic E-state index is 0.0181. The van der Waals surface area contributed by atoms with Crippen LogP contribution in [0.15, 0.2) is 23.6 Å². The third-order valence-electron chi connectivity index (χ3n) is 8.21. The SMILES string of the molecule is Cn1nc(-c2cccs2)cc1[C@@H]1CN2CC[C@H]1C[C@@H]2CNC(=O)CC1(CC(=O)O)CCCC1. The summed E-state index contributed by atoms with van der Waals surface area (Å²) in [6.07, 6.45) is 6.50. The minimum atomic E-state index is -0.788. The fraction of sp³-hybridized carbons (Fsp3) is 0.640. The Morgan fingerprint density at radius 3 is 2.79 bits per heavy atom. The highest BCUT2D eigenvalue weighted by molar-refractivity contribution is 7.13. The number of nitrogens with zero attached hydrogens (tertiary/aromatic N) is 3. The highest BCUT2D eigenvalue weighted by Crippen LogP contribution is 2.45. The maximum absolute atomic E-state index is 12.7. The third-order valence-corrected chi connectivity index (χ3v) is 9.10. The standard InChI is InChI=1S/C25H34N4O3S/c1-28-21(12-20(27-28)22-5-4-10-33-22)19-16-29-9-6-17(19)11-18(29)15-26-23(30)13-25(14-24(31)32)7-2-3-8-25/h4-5,10,12,17-19H,2-3,6-9,11,13-16H2,1H3,(H,26,30)(H,31,32)/t17-,18+,19+/m0/s1. The van der Waals surface area contributed by atoms with Crippen LogP contribution in [0.4, 0.5) is 0 Å². The van der Waals surface area contributed by atoms with Gasteiger partial charge in [0.25, 0.3) is 0 Å². The normalized spacial score (nSPS) is 28.2. The van der Waals surface area contributed by atoms with Crippen molar-refractivity contribution >= 4 is 23.2 Å². The number of amides is 1. The molecule has 3 aliphatic heterocycles. The third kappa shape index (κ3) is 4.73. The fourth-order valence-electron chi connectivity index (χ4n) is 6.56. The molecule has 4 fully saturated rings. The number of nitrogens with one attached hydrogen (secondary N) is 1. The van der Waals surface area contributed by atoms with Crippen LogP contribution in [0.25, 0.3) is 10.6 Å². The molecule has 2 aromatic rings. The molecule has 4 aliphatic rings. The molecule has 7 nitrogen and oxygen atoms in total. The van der Waals surface area contributed by atoms with Gasteiger partial charge in [0, 0.05) is 44.2 Å². The summed E-state index contributed by atoms with van der Waals surface area (Å²) in [6, 6.07) is 6.82. The van der Waals surface area contributed by atoms with Crippen LogP contribution in [-0.2, 0) is 16.6 Å². The molecule has 8 heteroatoms. The number of aryl methyl sites for hydroxylation is 1. The van der Waals surface area contributed by atoms with Gasteiger partial charge in [-0.2, -0.15) is 5.10 Å². The maximum atomic E-state index is 12.7. The Hall–Kier alpha value is -2.19. The molecule has 1 aliphatic carbocycles. The van der Waals surface area contributed by atoms with Crippen molar-refractivity contribution in [1.29, 1.82) is 0 Å². The number of fused-ring (bicyclic) bond motifs is 3. The number of carboxylic acids is 1. The zero-order valence-electron chi connectivity index (χ0n) is 19.3. The molecule has 178 valence electrons. The van der Waals surface area contributed by atoms with E-state index in [1.165, 1.54) is 17.0 Å². The van der Waals surface area contributed by atoms with Gasteiger partial charge in [0.2, 0.25) is 5.91 Å². The lowest BCUT2D eigenvalue weighted by molar-refractivity contribution is -0.140. The average molecular weight is 471 g/mol. The number of thiophene rings is 1. The number of rotatable bonds is 8. The second-order valence-electron chi connectivity index (χ2n) is 10.4. The Bertz CT molecular complexity index is 995. The van der Waals surface area contributed by atoms with Crippen LogP contribution in [0.5, 0.6) is 0 Å². The van der Waals surface area contributed by atoms with E-state index in [-0.39, 0.29) is 17.7 Å². The molecule has 4 atom stereocenters. The molecule has 33 heavy (non-hydrogen) atoms. The van der Waals surface area contributed by atoms with Crippen LogP contribution in [-0.4, -0.2) is 57.3 Å². The topological polar surface area (TPSA) is 87.5 Å². The number of carboxylic acid groups (broad SMARTS) is 1. The Kier molecular flexibility index (Phi) is 6.31. The summed E-state index contributed by atoms with van der Waals surface area (Å²) in [6.45, 7) is 2.76. The lowest BCUT2D eigenvalue weighted by Crippen LogP contribution is -2.56. The van der Waals surface area contributed by atoms with Crippen LogP contribution in [0, 0.1) is 11.3 Å². The summed E-state index contributed by atoms with van der Waals surface area (Å²) in [4.78, 5) is 27.8. The molecule has 0 spiro atoms. The van der Waals surface area contributed by atoms with E-state index in [9.17, 15) is 14.7 Å². The first-order valence-corrected chi connectivity index (χ1v) is 13.1. The monoisotopic (exact) mass is 470 g/mol. The summed E-state index contributed by atoms with van der Waals surface area (Å²) < 4.78 is 2.06. The number of hydrogen-bond acceptors (Lipinski definition) is 5. The second-order valence-corrected chi connectivity index (χ2v) is 11.3. The van der Waals surface area contributed by atoms with E-state index in [0.717, 1.165) is 50.9 Å². The molecule has 1 saturated carbocycles. The molecule has 2 aromatic heterocycles. The van der Waals surface area contributed by atoms with Crippen molar-refractivity contribution in [2.75, 3.05) is 19.6 Å². The van der Waals surface area contributed by atoms with Crippen LogP contribution >= 0.6 is 11.3 Å². The zero-order chi connectivity index (χ0) is 23.0. The molecule has 1 amide bonds. The number of piperidine rings is 3. The fourth-order valence-corrected chi connectivity index (χ4v) is 7.24. The van der Waals surface area contributed by atoms with Crippen LogP contribution in [0.1, 0.15) is 63.0 Å². The van der Waals surface area contributed by atoms with Gasteiger partial charge in [-0.15, -0.1) is 11.3 Å². The number of hydrogen-bond donors (Lipinski definition) is 2. The Labute approximate surface area is 199 Å². The van der Waals surface area contributed by atoms with Gasteiger partial charge in [0.15, 0.2) is 0 Å². The van der Waals surface area contributed by atoms with Crippen LogP contribution in [0.3, 0.4) is 0 Å². The van der Waals surface area contributed by atoms with Gasteiger partial charge >= 0.3 is 5.97 Å². The lowest BCUT2D eigenvalue weighted by Gasteiger charge is -2.50. The van der Waals surface area contributed by atoms with E-state index in [4.69, 9.17) is 5.10 Å². The van der Waals surface area contributed by atoms with E-state index in [1.807, 2.05) is 0 Å². The number of aliphatic carboxylic acids is 1. The van der Waals surface area contributed by atoms with Crippen molar-refractivity contribution in [2.45, 2.75) is 63.3 Å². The quantitative estimate of drug-likeness (QED) is 0.612. The minimum Gasteiger partial charge on any atom is -0.481 e. The number of carbonyl (C=O) groups is 2. The highest BCUT2D eigenvalue weighted by Gasteiger charge is 2.42. The van der Waals surface area contributed by atoms with E-state index in [1.54, 1.807) is 11.3 Å². The molecule has 5 heterocycles. The van der Waals surface area contributed by atoms with E-state index >= 15 is 0 Å². The molecule has 0 aromatic carbocycles. The molecular formula is C25H34N4O3S. The molecule has 6 rings (SSSR count). The van der Waals surface area contributed by atoms with Crippen molar-refractivity contribution in [3.05, 3.63) is 29.3 Å². The molecule has 2 bridgehead atoms. The largest absolute Gasteiger partial charge is 0.481 e. The van der Waals surface area contributed by atoms with E-state index in [2.05, 4.69) is 45.5 Å². The first-order valence-electron chi connectivity index (χ1n) is 12.2. The Morgan fingerprint density at radius 1 is 1.30 bits per heavy atom. The Balaban J connectivity index is 1.18. The van der Waals surface area contributed by atoms with Crippen molar-refractivity contribution in [2.24, 2.45) is 18.4 Å². The zero-order valence-corrected chi connectivity index (χ0v) is 20.1. The molecular weight excluding hydrogens is 436 g/mol. The van der Waals surface area contributed by atoms with Crippen LogP contribution in [0.2, 0.25) is 0 Å². The van der Waals surface area contributed by atoms with Crippen molar-refractivity contribution < 1.29 is 14.7 Å². The average Bonchev–Trinajstić information content (AvgIpc) is 3.54. The highest BCUT2D eigenvalue weighted by atomic mass is 32.1. The Morgan fingerprint density at radius 2 is 2.12 bits per heavy atom. The first kappa shape index (κ1) is 22.6. The van der Waals surface area contributed by atoms with Gasteiger partial charge in [-0.1, -0.05) is 18.9 Å². The van der Waals surface area contributed by atoms with Crippen molar-refractivity contribution in [3.8, 4) is 10.6 Å². The van der Waals surface area contributed by atoms with E-state index in [0.29, 0.717) is 30.8 Å². The predicted molar refractivity (Wildman–Crippen MR) is 128 cm³/mol. The molecule has 0 radical (unpaired) electrons. The molecule has 3 saturated heterocycles. The first-order chi connectivity index (χ1) is 15.9. The predicted octanol–water partition coefficient (Wildman–Crippen LogP) is 3.87. The maximum Gasteiger partial charge on any atom is 0.303 e. The van der Waals surface area contributed by atoms with Crippen molar-refractivity contribution in [3.63, 3.8) is 0 Å². The smallest absolute Gasteiger partial charge is 0.303 e. The summed E-state index contributed by atoms with van der Waals surface area (Å²) in [5.74, 6) is 0.319. The summed E-state index contributed by atoms with van der Waals surface area (Å²) in [5, 5.41) is 19.3. The summed E-state index contributed by atoms with van der Waals surface area (Å²) >= 11 is 1.72. The van der Waals surface area contributed by atoms with E-state index < -0.39 is 5.97 Å². The van der Waals surface area contributed by atoms with Gasteiger partial charge < -0.3 is 10.4 Å². The number of carbonyl (C=O) groups excluding carboxylic acids is 1. The number of aromatic nitrogens is 2. The summed E-state index contributed by atoms with van der Waals surface area (Å²) in [5.41, 5.74) is 2.03. The summed E-state index contributed by atoms with van der Waals surface area (Å²) in [7, 11) is 2.05. The van der Waals surface area contributed by atoms with Gasteiger partial charge in [0.05, 0.1) is 11.3 Å². The van der Waals surface area contributed by atoms with Gasteiger partial charge in [-0.25, -0.2) is 0 Å². The van der Waals surface area contributed by atoms with Gasteiger partial charge in [-0.05, 0) is 61.1 Å². The lowest BCUT2D eigenvalue weighted by atomic mass is 9.74. The van der Waals surface area contributed by atoms with Gasteiger partial charge in [0.1, 0.15) is 5.69 Å². The van der Waals surface area contributed by atoms with Crippen LogP contribution < -0.4 is 5.32 Å². The van der Waals surface area contributed by atoms with Crippen molar-refractivity contribution in [1.82, 2.24) is 20.0 Å². The molecule has 1 unspecified atom stereocenters. The van der Waals surface area contributed by atoms with Gasteiger partial charge in [-0.3, -0.25) is 19.2 Å². The second kappa shape index (κ2) is 9.22.